The largest absolute Gasteiger partial charge is 0.0839 e. The maximum Gasteiger partial charge on any atom is 0.0401 e. The molecule has 0 saturated carbocycles. The van der Waals surface area contributed by atoms with E-state index in [1.165, 1.54) is 66.8 Å². The quantitative estimate of drug-likeness (QED) is 0.346. The van der Waals surface area contributed by atoms with E-state index in [4.69, 9.17) is 0 Å². The van der Waals surface area contributed by atoms with Crippen LogP contribution in [-0.4, -0.2) is 0 Å². The standard InChI is InChI=1S/C20H27Br/c1-3-4-5-6-7-8-13-20(21)19-15-14-16(2)17-11-9-10-12-18(17)19/h9-12,14-15,20H,3-8,13H2,1-2H3. The monoisotopic (exact) mass is 346 g/mol. The molecule has 0 saturated heterocycles. The lowest BCUT2D eigenvalue weighted by Crippen LogP contribution is -1.93. The average Bonchev–Trinajstić information content (AvgIpc) is 2.51. The van der Waals surface area contributed by atoms with Crippen molar-refractivity contribution in [2.75, 3.05) is 0 Å². The van der Waals surface area contributed by atoms with E-state index in [0.717, 1.165) is 0 Å². The highest BCUT2D eigenvalue weighted by atomic mass is 79.9. The van der Waals surface area contributed by atoms with Gasteiger partial charge in [-0.15, -0.1) is 0 Å². The Labute approximate surface area is 138 Å². The molecule has 0 fully saturated rings. The second-order valence-electron chi connectivity index (χ2n) is 6.04. The van der Waals surface area contributed by atoms with Crippen LogP contribution in [0.3, 0.4) is 0 Å². The Kier molecular flexibility index (Phi) is 6.76. The highest BCUT2D eigenvalue weighted by Gasteiger charge is 2.11. The average molecular weight is 347 g/mol. The molecule has 2 rings (SSSR count). The fourth-order valence-corrected chi connectivity index (χ4v) is 3.73. The molecule has 1 unspecified atom stereocenters. The molecule has 0 radical (unpaired) electrons. The molecular formula is C20H27Br. The maximum atomic E-state index is 3.91. The van der Waals surface area contributed by atoms with Gasteiger partial charge in [-0.3, -0.25) is 0 Å². The molecule has 0 nitrogen and oxygen atoms in total. The van der Waals surface area contributed by atoms with Crippen molar-refractivity contribution < 1.29 is 0 Å². The molecule has 1 atom stereocenters. The van der Waals surface area contributed by atoms with Crippen molar-refractivity contribution in [3.63, 3.8) is 0 Å². The van der Waals surface area contributed by atoms with Crippen LogP contribution in [0.2, 0.25) is 0 Å². The zero-order valence-electron chi connectivity index (χ0n) is 13.4. The summed E-state index contributed by atoms with van der Waals surface area (Å²) < 4.78 is 0. The first-order chi connectivity index (χ1) is 10.2. The van der Waals surface area contributed by atoms with Gasteiger partial charge in [0.15, 0.2) is 0 Å². The number of benzene rings is 2. The highest BCUT2D eigenvalue weighted by Crippen LogP contribution is 2.35. The molecule has 0 bridgehead atoms. The van der Waals surface area contributed by atoms with Crippen LogP contribution in [0.15, 0.2) is 36.4 Å². The summed E-state index contributed by atoms with van der Waals surface area (Å²) in [7, 11) is 0. The van der Waals surface area contributed by atoms with Gasteiger partial charge >= 0.3 is 0 Å². The number of alkyl halides is 1. The van der Waals surface area contributed by atoms with E-state index in [1.807, 2.05) is 0 Å². The topological polar surface area (TPSA) is 0 Å². The molecular weight excluding hydrogens is 320 g/mol. The lowest BCUT2D eigenvalue weighted by Gasteiger charge is -2.14. The lowest BCUT2D eigenvalue weighted by atomic mass is 9.96. The Morgan fingerprint density at radius 3 is 2.29 bits per heavy atom. The van der Waals surface area contributed by atoms with E-state index in [1.54, 1.807) is 0 Å². The minimum Gasteiger partial charge on any atom is -0.0839 e. The molecule has 0 heterocycles. The van der Waals surface area contributed by atoms with Crippen LogP contribution in [0.25, 0.3) is 10.8 Å². The predicted octanol–water partition coefficient (Wildman–Crippen LogP) is 7.33. The maximum absolute atomic E-state index is 3.91. The summed E-state index contributed by atoms with van der Waals surface area (Å²) in [6.45, 7) is 4.47. The Hall–Kier alpha value is -0.820. The van der Waals surface area contributed by atoms with Crippen LogP contribution in [-0.2, 0) is 0 Å². The highest BCUT2D eigenvalue weighted by molar-refractivity contribution is 9.09. The summed E-state index contributed by atoms with van der Waals surface area (Å²) in [4.78, 5) is 0.481. The minimum absolute atomic E-state index is 0.481. The Bertz CT molecular complexity index is 559. The number of aryl methyl sites for hydroxylation is 1. The van der Waals surface area contributed by atoms with Crippen LogP contribution in [0, 0.1) is 6.92 Å². The smallest absolute Gasteiger partial charge is 0.0401 e. The van der Waals surface area contributed by atoms with Gasteiger partial charge < -0.3 is 0 Å². The number of hydrogen-bond acceptors (Lipinski definition) is 0. The number of rotatable bonds is 8. The Morgan fingerprint density at radius 2 is 1.52 bits per heavy atom. The van der Waals surface area contributed by atoms with Crippen molar-refractivity contribution in [1.82, 2.24) is 0 Å². The van der Waals surface area contributed by atoms with Gasteiger partial charge in [0.1, 0.15) is 0 Å². The molecule has 0 aliphatic carbocycles. The van der Waals surface area contributed by atoms with Crippen LogP contribution in [0.4, 0.5) is 0 Å². The fraction of sp³-hybridized carbons (Fsp3) is 0.500. The summed E-state index contributed by atoms with van der Waals surface area (Å²) in [6.07, 6.45) is 9.43. The molecule has 0 N–H and O–H groups in total. The van der Waals surface area contributed by atoms with Gasteiger partial charge in [0.2, 0.25) is 0 Å². The fourth-order valence-electron chi connectivity index (χ4n) is 3.01. The third kappa shape index (κ3) is 4.57. The first-order valence-electron chi connectivity index (χ1n) is 8.36. The van der Waals surface area contributed by atoms with E-state index in [-0.39, 0.29) is 0 Å². The van der Waals surface area contributed by atoms with Crippen molar-refractivity contribution >= 4 is 26.7 Å². The van der Waals surface area contributed by atoms with Gasteiger partial charge in [-0.2, -0.15) is 0 Å². The summed E-state index contributed by atoms with van der Waals surface area (Å²) in [6, 6.07) is 13.3. The number of hydrogen-bond donors (Lipinski definition) is 0. The van der Waals surface area contributed by atoms with Crippen LogP contribution < -0.4 is 0 Å². The van der Waals surface area contributed by atoms with E-state index in [0.29, 0.717) is 4.83 Å². The van der Waals surface area contributed by atoms with Crippen molar-refractivity contribution in [2.45, 2.75) is 63.6 Å². The zero-order chi connectivity index (χ0) is 15.1. The summed E-state index contributed by atoms with van der Waals surface area (Å²) in [5, 5.41) is 2.80. The van der Waals surface area contributed by atoms with Gasteiger partial charge in [-0.05, 0) is 35.2 Å². The Morgan fingerprint density at radius 1 is 0.857 bits per heavy atom. The van der Waals surface area contributed by atoms with Crippen LogP contribution >= 0.6 is 15.9 Å². The summed E-state index contributed by atoms with van der Waals surface area (Å²) >= 11 is 3.91. The van der Waals surface area contributed by atoms with Gasteiger partial charge in [-0.25, -0.2) is 0 Å². The lowest BCUT2D eigenvalue weighted by molar-refractivity contribution is 0.588. The number of fused-ring (bicyclic) bond motifs is 1. The molecule has 21 heavy (non-hydrogen) atoms. The van der Waals surface area contributed by atoms with Crippen LogP contribution in [0.5, 0.6) is 0 Å². The van der Waals surface area contributed by atoms with Crippen molar-refractivity contribution in [3.8, 4) is 0 Å². The van der Waals surface area contributed by atoms with E-state index >= 15 is 0 Å². The Balaban J connectivity index is 1.97. The van der Waals surface area contributed by atoms with E-state index in [9.17, 15) is 0 Å². The molecule has 0 aliphatic heterocycles. The molecule has 2 aromatic carbocycles. The third-order valence-electron chi connectivity index (χ3n) is 4.32. The summed E-state index contributed by atoms with van der Waals surface area (Å²) in [5.41, 5.74) is 2.82. The SMILES string of the molecule is CCCCCCCCC(Br)c1ccc(C)c2ccccc12. The molecule has 0 aliphatic rings. The summed E-state index contributed by atoms with van der Waals surface area (Å²) in [5.74, 6) is 0. The van der Waals surface area contributed by atoms with Gasteiger partial charge in [0.05, 0.1) is 0 Å². The molecule has 1 heteroatoms. The zero-order valence-corrected chi connectivity index (χ0v) is 15.0. The van der Waals surface area contributed by atoms with Gasteiger partial charge in [-0.1, -0.05) is 97.8 Å². The molecule has 0 aromatic heterocycles. The molecule has 0 amide bonds. The van der Waals surface area contributed by atoms with E-state index in [2.05, 4.69) is 66.2 Å². The predicted molar refractivity (Wildman–Crippen MR) is 98.3 cm³/mol. The molecule has 2 aromatic rings. The first-order valence-corrected chi connectivity index (χ1v) is 9.28. The van der Waals surface area contributed by atoms with Crippen molar-refractivity contribution in [3.05, 3.63) is 47.5 Å². The normalized spacial score (nSPS) is 12.7. The van der Waals surface area contributed by atoms with Crippen LogP contribution in [0.1, 0.15) is 67.8 Å². The van der Waals surface area contributed by atoms with Crippen molar-refractivity contribution in [2.24, 2.45) is 0 Å². The van der Waals surface area contributed by atoms with Crippen molar-refractivity contribution in [1.29, 1.82) is 0 Å². The first kappa shape index (κ1) is 16.5. The third-order valence-corrected chi connectivity index (χ3v) is 5.28. The number of unbranched alkanes of at least 4 members (excludes halogenated alkanes) is 5. The number of halogens is 1. The minimum atomic E-state index is 0.481. The second-order valence-corrected chi connectivity index (χ2v) is 7.15. The second kappa shape index (κ2) is 8.58. The molecule has 114 valence electrons. The van der Waals surface area contributed by atoms with Gasteiger partial charge in [0, 0.05) is 4.83 Å². The van der Waals surface area contributed by atoms with E-state index < -0.39 is 0 Å². The molecule has 0 spiro atoms. The van der Waals surface area contributed by atoms with Gasteiger partial charge in [0.25, 0.3) is 0 Å².